The first-order valence-electron chi connectivity index (χ1n) is 9.50. The van der Waals surface area contributed by atoms with Crippen LogP contribution in [-0.4, -0.2) is 19.2 Å². The van der Waals surface area contributed by atoms with Crippen LogP contribution in [-0.2, 0) is 20.4 Å². The molecule has 0 saturated carbocycles. The largest absolute Gasteiger partial charge is 0.320 e. The normalized spacial score (nSPS) is 14.6. The molecule has 12 heteroatoms. The molecule has 0 aromatic heterocycles. The van der Waals surface area contributed by atoms with Crippen molar-refractivity contribution >= 4 is 79.8 Å². The minimum Gasteiger partial charge on any atom is -0.320 e. The lowest BCUT2D eigenvalue weighted by Crippen LogP contribution is -2.18. The van der Waals surface area contributed by atoms with Crippen LogP contribution < -0.4 is 5.32 Å². The summed E-state index contributed by atoms with van der Waals surface area (Å²) in [6.45, 7) is 0. The molecule has 3 aromatic rings. The van der Waals surface area contributed by atoms with E-state index in [0.717, 1.165) is 11.8 Å². The van der Waals surface area contributed by atoms with Crippen molar-refractivity contribution in [1.82, 2.24) is 0 Å². The Labute approximate surface area is 213 Å². The molecule has 0 bridgehead atoms. The number of amides is 1. The van der Waals surface area contributed by atoms with Crippen molar-refractivity contribution in [3.8, 4) is 0 Å². The van der Waals surface area contributed by atoms with Gasteiger partial charge in [0.05, 0.1) is 26.2 Å². The summed E-state index contributed by atoms with van der Waals surface area (Å²) in [6.07, 6.45) is 1.50. The third-order valence-electron chi connectivity index (χ3n) is 4.86. The van der Waals surface area contributed by atoms with E-state index in [1.165, 1.54) is 30.3 Å². The van der Waals surface area contributed by atoms with Crippen LogP contribution in [0.3, 0.4) is 0 Å². The van der Waals surface area contributed by atoms with Gasteiger partial charge in [-0.2, -0.15) is 0 Å². The average molecular weight is 556 g/mol. The second kappa shape index (κ2) is 9.59. The van der Waals surface area contributed by atoms with Gasteiger partial charge in [0.1, 0.15) is 5.02 Å². The number of anilines is 1. The van der Waals surface area contributed by atoms with E-state index in [1.807, 2.05) is 0 Å². The van der Waals surface area contributed by atoms with Gasteiger partial charge in [-0.25, -0.2) is 8.42 Å². The quantitative estimate of drug-likeness (QED) is 0.216. The van der Waals surface area contributed by atoms with Crippen molar-refractivity contribution in [3.05, 3.63) is 95.8 Å². The molecule has 4 rings (SSSR count). The number of nitro groups is 1. The lowest BCUT2D eigenvalue weighted by Gasteiger charge is -2.19. The highest BCUT2D eigenvalue weighted by Gasteiger charge is 2.25. The second-order valence-electron chi connectivity index (χ2n) is 7.15. The van der Waals surface area contributed by atoms with Gasteiger partial charge in [0.15, 0.2) is 9.84 Å². The highest BCUT2D eigenvalue weighted by molar-refractivity contribution is 8.04. The molecule has 3 aromatic carbocycles. The molecule has 0 aliphatic carbocycles. The number of nitrogens with one attached hydrogen (secondary N) is 1. The van der Waals surface area contributed by atoms with Crippen LogP contribution in [0.25, 0.3) is 6.08 Å². The van der Waals surface area contributed by atoms with Crippen molar-refractivity contribution in [2.75, 3.05) is 5.32 Å². The fourth-order valence-corrected chi connectivity index (χ4v) is 6.43. The molecule has 34 heavy (non-hydrogen) atoms. The van der Waals surface area contributed by atoms with Crippen LogP contribution in [0, 0.1) is 10.1 Å². The Morgan fingerprint density at radius 1 is 1.00 bits per heavy atom. The van der Waals surface area contributed by atoms with Crippen LogP contribution in [0.1, 0.15) is 11.1 Å². The van der Waals surface area contributed by atoms with E-state index in [2.05, 4.69) is 5.32 Å². The molecule has 0 saturated heterocycles. The van der Waals surface area contributed by atoms with Crippen LogP contribution in [0.15, 0.2) is 69.3 Å². The first-order chi connectivity index (χ1) is 16.0. The Hall–Kier alpha value is -2.56. The number of halogens is 3. The molecule has 0 unspecified atom stereocenters. The number of nitro benzene ring substituents is 1. The van der Waals surface area contributed by atoms with Gasteiger partial charge in [0, 0.05) is 26.6 Å². The molecule has 0 radical (unpaired) electrons. The summed E-state index contributed by atoms with van der Waals surface area (Å²) in [6, 6.07) is 13.4. The van der Waals surface area contributed by atoms with Crippen molar-refractivity contribution in [1.29, 1.82) is 0 Å². The molecule has 7 nitrogen and oxygen atoms in total. The van der Waals surface area contributed by atoms with Crippen molar-refractivity contribution < 1.29 is 18.1 Å². The molecule has 1 aliphatic rings. The van der Waals surface area contributed by atoms with E-state index >= 15 is 0 Å². The number of nitrogens with zero attached hydrogens (tertiary/aromatic N) is 1. The number of hydrogen-bond acceptors (Lipinski definition) is 6. The highest BCUT2D eigenvalue weighted by atomic mass is 35.5. The van der Waals surface area contributed by atoms with Gasteiger partial charge >= 0.3 is 0 Å². The number of carbonyl (C=O) groups excluding carboxylic acids is 1. The standard InChI is InChI=1S/C22H13Cl3N2O5S2/c23-15-2-1-3-16(24)14(15)11-34(31,32)13-5-7-20-18(10-13)26-22(28)21(33-20)9-12-4-6-17(25)19(8-12)27(29)30/h1-10H,11H2,(H,26,28). The van der Waals surface area contributed by atoms with Crippen molar-refractivity contribution in [3.63, 3.8) is 0 Å². The summed E-state index contributed by atoms with van der Waals surface area (Å²) in [7, 11) is -3.81. The monoisotopic (exact) mass is 554 g/mol. The Morgan fingerprint density at radius 2 is 1.71 bits per heavy atom. The van der Waals surface area contributed by atoms with Gasteiger partial charge in [-0.1, -0.05) is 58.7 Å². The zero-order chi connectivity index (χ0) is 24.6. The van der Waals surface area contributed by atoms with Crippen molar-refractivity contribution in [2.24, 2.45) is 0 Å². The molecule has 0 atom stereocenters. The van der Waals surface area contributed by atoms with E-state index < -0.39 is 26.4 Å². The lowest BCUT2D eigenvalue weighted by atomic mass is 10.2. The summed E-state index contributed by atoms with van der Waals surface area (Å²) in [4.78, 5) is 24.0. The van der Waals surface area contributed by atoms with Crippen LogP contribution in [0.5, 0.6) is 0 Å². The van der Waals surface area contributed by atoms with Gasteiger partial charge in [-0.15, -0.1) is 0 Å². The van der Waals surface area contributed by atoms with Crippen molar-refractivity contribution in [2.45, 2.75) is 15.5 Å². The zero-order valence-corrected chi connectivity index (χ0v) is 20.8. The molecule has 0 spiro atoms. The average Bonchev–Trinajstić information content (AvgIpc) is 2.77. The minimum atomic E-state index is -3.81. The molecule has 0 fully saturated rings. The predicted octanol–water partition coefficient (Wildman–Crippen LogP) is 6.61. The summed E-state index contributed by atoms with van der Waals surface area (Å²) in [5.41, 5.74) is 0.781. The van der Waals surface area contributed by atoms with Gasteiger partial charge in [-0.3, -0.25) is 14.9 Å². The first kappa shape index (κ1) is 24.6. The predicted molar refractivity (Wildman–Crippen MR) is 134 cm³/mol. The van der Waals surface area contributed by atoms with E-state index in [-0.39, 0.29) is 30.6 Å². The number of rotatable bonds is 5. The molecule has 1 heterocycles. The van der Waals surface area contributed by atoms with Gasteiger partial charge in [0.2, 0.25) is 0 Å². The Balaban J connectivity index is 1.62. The fraction of sp³-hybridized carbons (Fsp3) is 0.0455. The van der Waals surface area contributed by atoms with E-state index in [0.29, 0.717) is 21.7 Å². The van der Waals surface area contributed by atoms with Gasteiger partial charge in [-0.05, 0) is 48.0 Å². The smallest absolute Gasteiger partial charge is 0.288 e. The van der Waals surface area contributed by atoms with E-state index in [9.17, 15) is 23.3 Å². The molecule has 1 amide bonds. The number of fused-ring (bicyclic) bond motifs is 1. The lowest BCUT2D eigenvalue weighted by molar-refractivity contribution is -0.384. The van der Waals surface area contributed by atoms with E-state index in [1.54, 1.807) is 30.3 Å². The Bertz CT molecular complexity index is 1470. The minimum absolute atomic E-state index is 0.00360. The van der Waals surface area contributed by atoms with Gasteiger partial charge in [0.25, 0.3) is 11.6 Å². The summed E-state index contributed by atoms with van der Waals surface area (Å²) >= 11 is 19.2. The summed E-state index contributed by atoms with van der Waals surface area (Å²) in [5, 5.41) is 14.3. The third kappa shape index (κ3) is 5.08. The van der Waals surface area contributed by atoms with Crippen LogP contribution in [0.4, 0.5) is 11.4 Å². The number of sulfone groups is 1. The summed E-state index contributed by atoms with van der Waals surface area (Å²) < 4.78 is 26.0. The number of benzene rings is 3. The van der Waals surface area contributed by atoms with Gasteiger partial charge < -0.3 is 5.32 Å². The first-order valence-corrected chi connectivity index (χ1v) is 13.1. The Kier molecular flexibility index (Phi) is 6.93. The number of thioether (sulfide) groups is 1. The molecule has 1 N–H and O–H groups in total. The van der Waals surface area contributed by atoms with Crippen LogP contribution in [0.2, 0.25) is 15.1 Å². The third-order valence-corrected chi connectivity index (χ3v) is 8.63. The molecular formula is C22H13Cl3N2O5S2. The zero-order valence-electron chi connectivity index (χ0n) is 16.9. The second-order valence-corrected chi connectivity index (χ2v) is 11.4. The number of carbonyl (C=O) groups is 1. The molecule has 174 valence electrons. The topological polar surface area (TPSA) is 106 Å². The maximum absolute atomic E-state index is 13.0. The Morgan fingerprint density at radius 3 is 2.38 bits per heavy atom. The van der Waals surface area contributed by atoms with Crippen LogP contribution >= 0.6 is 46.6 Å². The highest BCUT2D eigenvalue weighted by Crippen LogP contribution is 2.41. The summed E-state index contributed by atoms with van der Waals surface area (Å²) in [5.74, 6) is -0.870. The SMILES string of the molecule is O=C1Nc2cc(S(=O)(=O)Cc3c(Cl)cccc3Cl)ccc2SC1=Cc1ccc(Cl)c([N+](=O)[O-])c1. The van der Waals surface area contributed by atoms with E-state index in [4.69, 9.17) is 34.8 Å². The fourth-order valence-electron chi connectivity index (χ4n) is 3.19. The maximum Gasteiger partial charge on any atom is 0.288 e. The number of hydrogen-bond donors (Lipinski definition) is 1. The maximum atomic E-state index is 13.0. The molecular weight excluding hydrogens is 543 g/mol. The molecule has 1 aliphatic heterocycles.